The van der Waals surface area contributed by atoms with Crippen LogP contribution in [0.25, 0.3) is 0 Å². The number of halogens is 3. The molecule has 0 aromatic rings. The molecule has 0 aromatic carbocycles. The summed E-state index contributed by atoms with van der Waals surface area (Å²) < 4.78 is 36.6. The van der Waals surface area contributed by atoms with Gasteiger partial charge in [0.2, 0.25) is 0 Å². The van der Waals surface area contributed by atoms with Crippen molar-refractivity contribution < 1.29 is 13.2 Å². The van der Waals surface area contributed by atoms with E-state index in [9.17, 15) is 13.2 Å². The van der Waals surface area contributed by atoms with Crippen molar-refractivity contribution >= 4 is 11.8 Å². The predicted molar refractivity (Wildman–Crippen MR) is 75.4 cm³/mol. The van der Waals surface area contributed by atoms with Gasteiger partial charge in [0.15, 0.2) is 0 Å². The highest BCUT2D eigenvalue weighted by Gasteiger charge is 2.31. The van der Waals surface area contributed by atoms with Crippen molar-refractivity contribution in [3.8, 4) is 0 Å². The number of thioether (sulfide) groups is 1. The molecule has 1 aliphatic heterocycles. The Labute approximate surface area is 118 Å². The van der Waals surface area contributed by atoms with Gasteiger partial charge in [-0.15, -0.1) is 0 Å². The molecule has 1 fully saturated rings. The van der Waals surface area contributed by atoms with Crippen LogP contribution in [0, 0.1) is 5.92 Å². The average Bonchev–Trinajstić information content (AvgIpc) is 2.29. The van der Waals surface area contributed by atoms with Crippen molar-refractivity contribution in [2.75, 3.05) is 25.4 Å². The highest BCUT2D eigenvalue weighted by molar-refractivity contribution is 8.00. The molecule has 2 nitrogen and oxygen atoms in total. The van der Waals surface area contributed by atoms with Crippen LogP contribution in [0.3, 0.4) is 0 Å². The Bertz CT molecular complexity index is 259. The highest BCUT2D eigenvalue weighted by atomic mass is 32.2. The summed E-state index contributed by atoms with van der Waals surface area (Å²) in [6.07, 6.45) is 2.12. The first kappa shape index (κ1) is 17.1. The minimum Gasteiger partial charge on any atom is -0.311 e. The SMILES string of the molecule is CCCC1CNC(C(C)C)CN1CCSC(F)(F)F. The zero-order valence-electron chi connectivity index (χ0n) is 12.0. The standard InChI is InChI=1S/C13H25F3N2S/c1-4-5-11-8-17-12(10(2)3)9-18(11)6-7-19-13(14,15)16/h10-12,17H,4-9H2,1-3H3. The third-order valence-corrected chi connectivity index (χ3v) is 4.35. The summed E-state index contributed by atoms with van der Waals surface area (Å²) in [6.45, 7) is 8.71. The van der Waals surface area contributed by atoms with Crippen LogP contribution >= 0.6 is 11.8 Å². The quantitative estimate of drug-likeness (QED) is 0.809. The van der Waals surface area contributed by atoms with Gasteiger partial charge >= 0.3 is 5.51 Å². The second kappa shape index (κ2) is 7.74. The molecule has 0 aromatic heterocycles. The zero-order valence-corrected chi connectivity index (χ0v) is 12.8. The molecular formula is C13H25F3N2S. The van der Waals surface area contributed by atoms with Crippen molar-refractivity contribution in [2.45, 2.75) is 51.2 Å². The number of nitrogens with zero attached hydrogens (tertiary/aromatic N) is 1. The van der Waals surface area contributed by atoms with E-state index >= 15 is 0 Å². The van der Waals surface area contributed by atoms with Gasteiger partial charge in [0.05, 0.1) is 0 Å². The van der Waals surface area contributed by atoms with Gasteiger partial charge in [-0.25, -0.2) is 0 Å². The summed E-state index contributed by atoms with van der Waals surface area (Å²) in [4.78, 5) is 2.24. The molecule has 6 heteroatoms. The largest absolute Gasteiger partial charge is 0.441 e. The number of alkyl halides is 3. The van der Waals surface area contributed by atoms with Gasteiger partial charge in [-0.3, -0.25) is 4.90 Å². The topological polar surface area (TPSA) is 15.3 Å². The monoisotopic (exact) mass is 298 g/mol. The maximum atomic E-state index is 12.2. The van der Waals surface area contributed by atoms with Crippen LogP contribution in [0.5, 0.6) is 0 Å². The fourth-order valence-corrected chi connectivity index (χ4v) is 3.06. The molecule has 0 spiro atoms. The molecule has 1 aliphatic rings. The van der Waals surface area contributed by atoms with Crippen LogP contribution in [0.2, 0.25) is 0 Å². The molecule has 1 rings (SSSR count). The Morgan fingerprint density at radius 3 is 2.58 bits per heavy atom. The van der Waals surface area contributed by atoms with E-state index in [2.05, 4.69) is 31.0 Å². The number of piperazine rings is 1. The number of hydrogen-bond donors (Lipinski definition) is 1. The number of rotatable bonds is 6. The van der Waals surface area contributed by atoms with E-state index in [-0.39, 0.29) is 17.5 Å². The highest BCUT2D eigenvalue weighted by Crippen LogP contribution is 2.30. The molecule has 0 radical (unpaired) electrons. The smallest absolute Gasteiger partial charge is 0.311 e. The molecule has 2 unspecified atom stereocenters. The Kier molecular flexibility index (Phi) is 6.97. The Balaban J connectivity index is 2.47. The Morgan fingerprint density at radius 2 is 2.05 bits per heavy atom. The molecule has 0 amide bonds. The van der Waals surface area contributed by atoms with Gasteiger partial charge in [-0.1, -0.05) is 27.2 Å². The average molecular weight is 298 g/mol. The molecule has 0 saturated carbocycles. The van der Waals surface area contributed by atoms with E-state index in [1.165, 1.54) is 0 Å². The number of hydrogen-bond acceptors (Lipinski definition) is 3. The first-order valence-corrected chi connectivity index (χ1v) is 8.00. The fraction of sp³-hybridized carbons (Fsp3) is 1.00. The molecule has 19 heavy (non-hydrogen) atoms. The summed E-state index contributed by atoms with van der Waals surface area (Å²) in [6, 6.07) is 0.776. The van der Waals surface area contributed by atoms with E-state index in [4.69, 9.17) is 0 Å². The van der Waals surface area contributed by atoms with Crippen LogP contribution in [0.15, 0.2) is 0 Å². The van der Waals surface area contributed by atoms with Gasteiger partial charge in [0, 0.05) is 37.5 Å². The maximum Gasteiger partial charge on any atom is 0.441 e. The van der Waals surface area contributed by atoms with Crippen molar-refractivity contribution in [2.24, 2.45) is 5.92 Å². The molecule has 2 atom stereocenters. The Morgan fingerprint density at radius 1 is 1.37 bits per heavy atom. The molecule has 1 heterocycles. The summed E-state index contributed by atoms with van der Waals surface area (Å²) in [5, 5.41) is 3.52. The van der Waals surface area contributed by atoms with Gasteiger partial charge < -0.3 is 5.32 Å². The van der Waals surface area contributed by atoms with Gasteiger partial charge in [-0.05, 0) is 24.1 Å². The van der Waals surface area contributed by atoms with Crippen molar-refractivity contribution in [3.05, 3.63) is 0 Å². The van der Waals surface area contributed by atoms with E-state index < -0.39 is 5.51 Å². The van der Waals surface area contributed by atoms with Crippen LogP contribution in [-0.2, 0) is 0 Å². The lowest BCUT2D eigenvalue weighted by molar-refractivity contribution is -0.0330. The summed E-state index contributed by atoms with van der Waals surface area (Å²) in [5.74, 6) is 0.648. The lowest BCUT2D eigenvalue weighted by Crippen LogP contribution is -2.58. The van der Waals surface area contributed by atoms with Crippen LogP contribution < -0.4 is 5.32 Å². The van der Waals surface area contributed by atoms with E-state index in [1.54, 1.807) is 0 Å². The lowest BCUT2D eigenvalue weighted by Gasteiger charge is -2.42. The fourth-order valence-electron chi connectivity index (χ4n) is 2.50. The predicted octanol–water partition coefficient (Wildman–Crippen LogP) is 3.34. The molecule has 1 saturated heterocycles. The summed E-state index contributed by atoms with van der Waals surface area (Å²) in [5.41, 5.74) is -4.11. The van der Waals surface area contributed by atoms with Crippen molar-refractivity contribution in [1.82, 2.24) is 10.2 Å². The molecular weight excluding hydrogens is 273 g/mol. The normalized spacial score (nSPS) is 26.1. The number of nitrogens with one attached hydrogen (secondary N) is 1. The third kappa shape index (κ3) is 6.36. The first-order chi connectivity index (χ1) is 8.83. The zero-order chi connectivity index (χ0) is 14.5. The first-order valence-electron chi connectivity index (χ1n) is 7.01. The van der Waals surface area contributed by atoms with Crippen molar-refractivity contribution in [1.29, 1.82) is 0 Å². The third-order valence-electron chi connectivity index (χ3n) is 3.63. The minimum atomic E-state index is -4.11. The molecule has 1 N–H and O–H groups in total. The van der Waals surface area contributed by atoms with Crippen LogP contribution in [0.1, 0.15) is 33.6 Å². The summed E-state index contributed by atoms with van der Waals surface area (Å²) >= 11 is 0.0949. The van der Waals surface area contributed by atoms with Gasteiger partial charge in [0.25, 0.3) is 0 Å². The van der Waals surface area contributed by atoms with Gasteiger partial charge in [0.1, 0.15) is 0 Å². The van der Waals surface area contributed by atoms with Gasteiger partial charge in [-0.2, -0.15) is 13.2 Å². The van der Waals surface area contributed by atoms with Crippen LogP contribution in [-0.4, -0.2) is 47.9 Å². The molecule has 114 valence electrons. The Hall–Kier alpha value is 0.0600. The second-order valence-corrected chi connectivity index (χ2v) is 6.65. The molecule has 0 bridgehead atoms. The van der Waals surface area contributed by atoms with E-state index in [0.29, 0.717) is 24.5 Å². The minimum absolute atomic E-state index is 0.0949. The molecule has 0 aliphatic carbocycles. The van der Waals surface area contributed by atoms with Crippen LogP contribution in [0.4, 0.5) is 13.2 Å². The lowest BCUT2D eigenvalue weighted by atomic mass is 9.98. The maximum absolute atomic E-state index is 12.2. The van der Waals surface area contributed by atoms with Crippen molar-refractivity contribution in [3.63, 3.8) is 0 Å². The van der Waals surface area contributed by atoms with E-state index in [0.717, 1.165) is 25.9 Å². The van der Waals surface area contributed by atoms with E-state index in [1.807, 2.05) is 0 Å². The second-order valence-electron chi connectivity index (χ2n) is 5.49. The summed E-state index contributed by atoms with van der Waals surface area (Å²) in [7, 11) is 0.